The molecule has 1 unspecified atom stereocenters. The number of rotatable bonds is 3. The molecule has 14 heavy (non-hydrogen) atoms. The van der Waals surface area contributed by atoms with E-state index in [-0.39, 0.29) is 0 Å². The van der Waals surface area contributed by atoms with Crippen LogP contribution in [0.5, 0.6) is 0 Å². The van der Waals surface area contributed by atoms with Crippen LogP contribution in [0, 0.1) is 11.8 Å². The monoisotopic (exact) mass is 193 g/mol. The minimum atomic E-state index is 0.602. The highest BCUT2D eigenvalue weighted by Gasteiger charge is 2.25. The number of allylic oxidation sites excluding steroid dienone is 2. The van der Waals surface area contributed by atoms with Gasteiger partial charge >= 0.3 is 0 Å². The molecule has 0 saturated carbocycles. The lowest BCUT2D eigenvalue weighted by atomic mass is 9.86. The Hall–Kier alpha value is -0.720. The molecule has 0 fully saturated rings. The Morgan fingerprint density at radius 1 is 1.29 bits per heavy atom. The van der Waals surface area contributed by atoms with Gasteiger partial charge in [-0.05, 0) is 36.6 Å². The van der Waals surface area contributed by atoms with Crippen molar-refractivity contribution in [3.05, 3.63) is 23.9 Å². The first-order valence-corrected chi connectivity index (χ1v) is 5.72. The molecule has 1 heterocycles. The zero-order valence-corrected chi connectivity index (χ0v) is 10.1. The fraction of sp³-hybridized carbons (Fsp3) is 0.692. The minimum absolute atomic E-state index is 0.602. The lowest BCUT2D eigenvalue weighted by molar-refractivity contribution is 0.246. The van der Waals surface area contributed by atoms with E-state index in [0.29, 0.717) is 17.9 Å². The van der Waals surface area contributed by atoms with Gasteiger partial charge in [0.15, 0.2) is 0 Å². The summed E-state index contributed by atoms with van der Waals surface area (Å²) in [7, 11) is 0. The molecule has 0 aromatic carbocycles. The summed E-state index contributed by atoms with van der Waals surface area (Å²) < 4.78 is 0. The normalized spacial score (nSPS) is 22.1. The van der Waals surface area contributed by atoms with Crippen molar-refractivity contribution in [2.75, 3.05) is 6.54 Å². The van der Waals surface area contributed by atoms with Crippen molar-refractivity contribution >= 4 is 0 Å². The zero-order chi connectivity index (χ0) is 10.7. The second kappa shape index (κ2) is 4.68. The molecule has 0 amide bonds. The van der Waals surface area contributed by atoms with Crippen LogP contribution in [0.25, 0.3) is 0 Å². The van der Waals surface area contributed by atoms with E-state index < -0.39 is 0 Å². The van der Waals surface area contributed by atoms with Crippen molar-refractivity contribution in [1.82, 2.24) is 4.90 Å². The summed E-state index contributed by atoms with van der Waals surface area (Å²) in [5.74, 6) is 1.34. The van der Waals surface area contributed by atoms with Gasteiger partial charge in [-0.15, -0.1) is 0 Å². The molecular weight excluding hydrogens is 170 g/mol. The molecule has 1 heteroatoms. The van der Waals surface area contributed by atoms with Crippen molar-refractivity contribution in [3.8, 4) is 0 Å². The van der Waals surface area contributed by atoms with E-state index in [0.717, 1.165) is 6.54 Å². The Balaban J connectivity index is 2.91. The average Bonchev–Trinajstić information content (AvgIpc) is 2.16. The van der Waals surface area contributed by atoms with E-state index in [9.17, 15) is 0 Å². The summed E-state index contributed by atoms with van der Waals surface area (Å²) in [6, 6.07) is 0.602. The molecule has 0 aromatic heterocycles. The Kier molecular flexibility index (Phi) is 3.79. The van der Waals surface area contributed by atoms with Gasteiger partial charge in [0.25, 0.3) is 0 Å². The summed E-state index contributed by atoms with van der Waals surface area (Å²) in [6.07, 6.45) is 6.69. The summed E-state index contributed by atoms with van der Waals surface area (Å²) >= 11 is 0. The molecule has 0 N–H and O–H groups in total. The van der Waals surface area contributed by atoms with E-state index in [1.807, 2.05) is 0 Å². The summed E-state index contributed by atoms with van der Waals surface area (Å²) in [5, 5.41) is 0. The average molecular weight is 193 g/mol. The van der Waals surface area contributed by atoms with E-state index in [4.69, 9.17) is 0 Å². The van der Waals surface area contributed by atoms with Crippen molar-refractivity contribution < 1.29 is 0 Å². The van der Waals surface area contributed by atoms with Gasteiger partial charge in [0.05, 0.1) is 6.04 Å². The highest BCUT2D eigenvalue weighted by atomic mass is 15.1. The maximum Gasteiger partial charge on any atom is 0.0525 e. The fourth-order valence-electron chi connectivity index (χ4n) is 2.25. The maximum atomic E-state index is 2.44. The Morgan fingerprint density at radius 3 is 2.36 bits per heavy atom. The highest BCUT2D eigenvalue weighted by molar-refractivity contribution is 5.25. The Labute approximate surface area is 88.5 Å². The van der Waals surface area contributed by atoms with Gasteiger partial charge in [-0.1, -0.05) is 33.8 Å². The molecule has 0 saturated heterocycles. The molecule has 80 valence electrons. The van der Waals surface area contributed by atoms with Crippen LogP contribution >= 0.6 is 0 Å². The fourth-order valence-corrected chi connectivity index (χ4v) is 2.25. The first kappa shape index (κ1) is 11.4. The van der Waals surface area contributed by atoms with Crippen LogP contribution in [0.2, 0.25) is 0 Å². The lowest BCUT2D eigenvalue weighted by Gasteiger charge is -2.38. The zero-order valence-electron chi connectivity index (χ0n) is 10.1. The van der Waals surface area contributed by atoms with Crippen LogP contribution in [-0.2, 0) is 0 Å². The lowest BCUT2D eigenvalue weighted by Crippen LogP contribution is -2.39. The molecule has 1 nitrogen and oxygen atoms in total. The summed E-state index contributed by atoms with van der Waals surface area (Å²) in [4.78, 5) is 2.44. The SMILES string of the molecule is CCN1C=CC=C(C(C)C)C1C(C)C. The van der Waals surface area contributed by atoms with Crippen LogP contribution < -0.4 is 0 Å². The number of nitrogens with zero attached hydrogens (tertiary/aromatic N) is 1. The van der Waals surface area contributed by atoms with E-state index in [1.165, 1.54) is 0 Å². The van der Waals surface area contributed by atoms with E-state index in [1.54, 1.807) is 5.57 Å². The molecule has 1 rings (SSSR count). The van der Waals surface area contributed by atoms with Gasteiger partial charge in [-0.2, -0.15) is 0 Å². The third-order valence-corrected chi connectivity index (χ3v) is 2.93. The van der Waals surface area contributed by atoms with Gasteiger partial charge in [-0.3, -0.25) is 0 Å². The number of hydrogen-bond acceptors (Lipinski definition) is 1. The highest BCUT2D eigenvalue weighted by Crippen LogP contribution is 2.28. The molecule has 0 spiro atoms. The van der Waals surface area contributed by atoms with Gasteiger partial charge in [-0.25, -0.2) is 0 Å². The predicted molar refractivity (Wildman–Crippen MR) is 63.1 cm³/mol. The third kappa shape index (κ3) is 2.20. The van der Waals surface area contributed by atoms with Crippen molar-refractivity contribution in [2.45, 2.75) is 40.7 Å². The van der Waals surface area contributed by atoms with Gasteiger partial charge in [0.1, 0.15) is 0 Å². The molecule has 0 aromatic rings. The second-order valence-electron chi connectivity index (χ2n) is 4.68. The second-order valence-corrected chi connectivity index (χ2v) is 4.68. The van der Waals surface area contributed by atoms with Crippen molar-refractivity contribution in [1.29, 1.82) is 0 Å². The Morgan fingerprint density at radius 2 is 1.93 bits per heavy atom. The molecule has 1 aliphatic heterocycles. The molecule has 1 aliphatic rings. The van der Waals surface area contributed by atoms with Gasteiger partial charge in [0.2, 0.25) is 0 Å². The van der Waals surface area contributed by atoms with Gasteiger partial charge < -0.3 is 4.90 Å². The largest absolute Gasteiger partial charge is 0.371 e. The quantitative estimate of drug-likeness (QED) is 0.663. The Bertz CT molecular complexity index is 236. The van der Waals surface area contributed by atoms with Crippen LogP contribution in [0.4, 0.5) is 0 Å². The third-order valence-electron chi connectivity index (χ3n) is 2.93. The van der Waals surface area contributed by atoms with Crippen molar-refractivity contribution in [3.63, 3.8) is 0 Å². The summed E-state index contributed by atoms with van der Waals surface area (Å²) in [6.45, 7) is 12.5. The van der Waals surface area contributed by atoms with Crippen molar-refractivity contribution in [2.24, 2.45) is 11.8 Å². The van der Waals surface area contributed by atoms with Crippen LogP contribution in [0.15, 0.2) is 23.9 Å². The topological polar surface area (TPSA) is 3.24 Å². The van der Waals surface area contributed by atoms with Gasteiger partial charge in [0, 0.05) is 6.54 Å². The maximum absolute atomic E-state index is 2.44. The molecule has 0 radical (unpaired) electrons. The standard InChI is InChI=1S/C13H23N/c1-6-14-9-7-8-12(10(2)3)13(14)11(4)5/h7-11,13H,6H2,1-5H3. The molecular formula is C13H23N. The van der Waals surface area contributed by atoms with Crippen LogP contribution in [0.1, 0.15) is 34.6 Å². The van der Waals surface area contributed by atoms with Crippen LogP contribution in [-0.4, -0.2) is 17.5 Å². The summed E-state index contributed by atoms with van der Waals surface area (Å²) in [5.41, 5.74) is 1.57. The van der Waals surface area contributed by atoms with Crippen LogP contribution in [0.3, 0.4) is 0 Å². The molecule has 1 atom stereocenters. The first-order chi connectivity index (χ1) is 6.57. The number of hydrogen-bond donors (Lipinski definition) is 0. The molecule has 0 bridgehead atoms. The predicted octanol–water partition coefficient (Wildman–Crippen LogP) is 3.44. The van der Waals surface area contributed by atoms with E-state index in [2.05, 4.69) is 57.9 Å². The first-order valence-electron chi connectivity index (χ1n) is 5.72. The minimum Gasteiger partial charge on any atom is -0.371 e. The van der Waals surface area contributed by atoms with E-state index >= 15 is 0 Å². The molecule has 0 aliphatic carbocycles. The number of likely N-dealkylation sites (N-methyl/N-ethyl adjacent to an activating group) is 1. The smallest absolute Gasteiger partial charge is 0.0525 e.